The lowest BCUT2D eigenvalue weighted by Gasteiger charge is -2.30. The van der Waals surface area contributed by atoms with Gasteiger partial charge in [0, 0.05) is 13.1 Å². The molecule has 8 heteroatoms. The molecule has 2 aliphatic heterocycles. The molecule has 98 valence electrons. The first kappa shape index (κ1) is 12.3. The van der Waals surface area contributed by atoms with Gasteiger partial charge in [0.15, 0.2) is 0 Å². The van der Waals surface area contributed by atoms with E-state index in [4.69, 9.17) is 16.3 Å². The molecule has 18 heavy (non-hydrogen) atoms. The first-order chi connectivity index (χ1) is 8.55. The SMILES string of the molecule is O=S(=O)(c1cnc(Cl)nc1)N1CC2CCC(C1)O2. The third-order valence-corrected chi connectivity index (χ3v) is 5.22. The number of rotatable bonds is 2. The molecule has 1 aromatic heterocycles. The maximum Gasteiger partial charge on any atom is 0.246 e. The first-order valence-electron chi connectivity index (χ1n) is 5.69. The van der Waals surface area contributed by atoms with Crippen molar-refractivity contribution in [1.82, 2.24) is 14.3 Å². The van der Waals surface area contributed by atoms with Gasteiger partial charge in [0.2, 0.25) is 15.3 Å². The van der Waals surface area contributed by atoms with Crippen molar-refractivity contribution in [3.8, 4) is 0 Å². The lowest BCUT2D eigenvalue weighted by molar-refractivity contribution is -0.0114. The van der Waals surface area contributed by atoms with Crippen LogP contribution in [-0.4, -0.2) is 48.0 Å². The highest BCUT2D eigenvalue weighted by Gasteiger charge is 2.39. The fourth-order valence-corrected chi connectivity index (χ4v) is 3.85. The van der Waals surface area contributed by atoms with E-state index in [2.05, 4.69) is 9.97 Å². The molecule has 2 saturated heterocycles. The number of sulfonamides is 1. The summed E-state index contributed by atoms with van der Waals surface area (Å²) in [5.41, 5.74) is 0. The lowest BCUT2D eigenvalue weighted by atomic mass is 10.2. The van der Waals surface area contributed by atoms with E-state index in [0.717, 1.165) is 12.8 Å². The van der Waals surface area contributed by atoms with Gasteiger partial charge in [0.1, 0.15) is 4.90 Å². The summed E-state index contributed by atoms with van der Waals surface area (Å²) in [5.74, 6) is 0. The van der Waals surface area contributed by atoms with Gasteiger partial charge in [-0.2, -0.15) is 4.31 Å². The molecule has 0 saturated carbocycles. The van der Waals surface area contributed by atoms with Gasteiger partial charge in [-0.25, -0.2) is 18.4 Å². The summed E-state index contributed by atoms with van der Waals surface area (Å²) in [6.45, 7) is 0.808. The molecule has 2 unspecified atom stereocenters. The second-order valence-corrected chi connectivity index (χ2v) is 6.74. The maximum atomic E-state index is 12.4. The molecule has 3 heterocycles. The molecule has 2 bridgehead atoms. The minimum absolute atomic E-state index is 0.0201. The second kappa shape index (κ2) is 4.41. The zero-order chi connectivity index (χ0) is 12.8. The number of morpholine rings is 1. The summed E-state index contributed by atoms with van der Waals surface area (Å²) in [6, 6.07) is 0. The largest absolute Gasteiger partial charge is 0.372 e. The molecular weight excluding hydrogens is 278 g/mol. The second-order valence-electron chi connectivity index (χ2n) is 4.47. The lowest BCUT2D eigenvalue weighted by Crippen LogP contribution is -2.45. The Balaban J connectivity index is 1.88. The van der Waals surface area contributed by atoms with Crippen LogP contribution in [0, 0.1) is 0 Å². The topological polar surface area (TPSA) is 72.4 Å². The van der Waals surface area contributed by atoms with Gasteiger partial charge >= 0.3 is 0 Å². The molecule has 0 N–H and O–H groups in total. The zero-order valence-electron chi connectivity index (χ0n) is 9.49. The quantitative estimate of drug-likeness (QED) is 0.749. The number of nitrogens with zero attached hydrogens (tertiary/aromatic N) is 3. The molecule has 0 aromatic carbocycles. The van der Waals surface area contributed by atoms with Gasteiger partial charge in [0.25, 0.3) is 0 Å². The minimum Gasteiger partial charge on any atom is -0.372 e. The molecule has 0 radical (unpaired) electrons. The molecule has 2 fully saturated rings. The van der Waals surface area contributed by atoms with Crippen molar-refractivity contribution >= 4 is 21.6 Å². The van der Waals surface area contributed by atoms with E-state index in [-0.39, 0.29) is 22.4 Å². The predicted octanol–water partition coefficient (Wildman–Crippen LogP) is 0.682. The van der Waals surface area contributed by atoms with E-state index >= 15 is 0 Å². The smallest absolute Gasteiger partial charge is 0.246 e. The Morgan fingerprint density at radius 3 is 2.33 bits per heavy atom. The van der Waals surface area contributed by atoms with Crippen molar-refractivity contribution < 1.29 is 13.2 Å². The van der Waals surface area contributed by atoms with Gasteiger partial charge < -0.3 is 4.74 Å². The van der Waals surface area contributed by atoms with E-state index < -0.39 is 10.0 Å². The first-order valence-corrected chi connectivity index (χ1v) is 7.50. The molecule has 0 spiro atoms. The van der Waals surface area contributed by atoms with Crippen LogP contribution in [0.1, 0.15) is 12.8 Å². The Morgan fingerprint density at radius 2 is 1.78 bits per heavy atom. The van der Waals surface area contributed by atoms with Crippen LogP contribution >= 0.6 is 11.6 Å². The molecule has 0 aliphatic carbocycles. The number of hydrogen-bond donors (Lipinski definition) is 0. The van der Waals surface area contributed by atoms with Crippen LogP contribution in [0.3, 0.4) is 0 Å². The van der Waals surface area contributed by atoms with Crippen LogP contribution in [0.2, 0.25) is 5.28 Å². The van der Waals surface area contributed by atoms with Gasteiger partial charge in [-0.15, -0.1) is 0 Å². The van der Waals surface area contributed by atoms with E-state index in [1.54, 1.807) is 0 Å². The van der Waals surface area contributed by atoms with E-state index in [0.29, 0.717) is 13.1 Å². The Kier molecular flexibility index (Phi) is 3.01. The van der Waals surface area contributed by atoms with Gasteiger partial charge in [-0.1, -0.05) is 0 Å². The fourth-order valence-electron chi connectivity index (χ4n) is 2.36. The highest BCUT2D eigenvalue weighted by molar-refractivity contribution is 7.89. The Morgan fingerprint density at radius 1 is 1.22 bits per heavy atom. The van der Waals surface area contributed by atoms with Crippen LogP contribution in [0.5, 0.6) is 0 Å². The van der Waals surface area contributed by atoms with E-state index in [1.165, 1.54) is 16.7 Å². The van der Waals surface area contributed by atoms with Crippen LogP contribution in [-0.2, 0) is 14.8 Å². The number of fused-ring (bicyclic) bond motifs is 2. The van der Waals surface area contributed by atoms with E-state index in [1.807, 2.05) is 0 Å². The summed E-state index contributed by atoms with van der Waals surface area (Å²) in [5, 5.41) is 0.0380. The average Bonchev–Trinajstić information content (AvgIpc) is 2.68. The van der Waals surface area contributed by atoms with Gasteiger partial charge in [-0.05, 0) is 24.4 Å². The zero-order valence-corrected chi connectivity index (χ0v) is 11.1. The van der Waals surface area contributed by atoms with Crippen LogP contribution < -0.4 is 0 Å². The molecule has 0 amide bonds. The van der Waals surface area contributed by atoms with Crippen LogP contribution in [0.15, 0.2) is 17.3 Å². The van der Waals surface area contributed by atoms with Gasteiger partial charge in [-0.3, -0.25) is 0 Å². The molecule has 3 rings (SSSR count). The molecule has 6 nitrogen and oxygen atoms in total. The van der Waals surface area contributed by atoms with Gasteiger partial charge in [0.05, 0.1) is 24.6 Å². The fraction of sp³-hybridized carbons (Fsp3) is 0.600. The van der Waals surface area contributed by atoms with Crippen molar-refractivity contribution in [2.24, 2.45) is 0 Å². The molecular formula is C10H12ClN3O3S. The van der Waals surface area contributed by atoms with E-state index in [9.17, 15) is 8.42 Å². The van der Waals surface area contributed by atoms with Crippen molar-refractivity contribution in [3.05, 3.63) is 17.7 Å². The number of halogens is 1. The Hall–Kier alpha value is -0.760. The van der Waals surface area contributed by atoms with Crippen LogP contribution in [0.25, 0.3) is 0 Å². The normalized spacial score (nSPS) is 28.5. The van der Waals surface area contributed by atoms with Crippen molar-refractivity contribution in [2.45, 2.75) is 29.9 Å². The number of hydrogen-bond acceptors (Lipinski definition) is 5. The Labute approximate surface area is 110 Å². The summed E-state index contributed by atoms with van der Waals surface area (Å²) in [7, 11) is -3.53. The summed E-state index contributed by atoms with van der Waals surface area (Å²) >= 11 is 5.55. The van der Waals surface area contributed by atoms with Crippen molar-refractivity contribution in [2.75, 3.05) is 13.1 Å². The van der Waals surface area contributed by atoms with Crippen molar-refractivity contribution in [1.29, 1.82) is 0 Å². The molecule has 2 atom stereocenters. The number of ether oxygens (including phenoxy) is 1. The van der Waals surface area contributed by atoms with Crippen LogP contribution in [0.4, 0.5) is 0 Å². The average molecular weight is 290 g/mol. The third-order valence-electron chi connectivity index (χ3n) is 3.24. The summed E-state index contributed by atoms with van der Waals surface area (Å²) < 4.78 is 31.8. The number of aromatic nitrogens is 2. The highest BCUT2D eigenvalue weighted by atomic mass is 35.5. The monoisotopic (exact) mass is 289 g/mol. The third kappa shape index (κ3) is 2.11. The standard InChI is InChI=1S/C10H12ClN3O3S/c11-10-12-3-9(4-13-10)18(15,16)14-5-7-1-2-8(6-14)17-7/h3-4,7-8H,1-2,5-6H2. The highest BCUT2D eigenvalue weighted by Crippen LogP contribution is 2.29. The minimum atomic E-state index is -3.53. The van der Waals surface area contributed by atoms with Crippen molar-refractivity contribution in [3.63, 3.8) is 0 Å². The predicted molar refractivity (Wildman–Crippen MR) is 63.7 cm³/mol. The molecule has 1 aromatic rings. The Bertz CT molecular complexity index is 536. The summed E-state index contributed by atoms with van der Waals surface area (Å²) in [6.07, 6.45) is 4.37. The summed E-state index contributed by atoms with van der Waals surface area (Å²) in [4.78, 5) is 7.50. The maximum absolute atomic E-state index is 12.4. The molecule has 2 aliphatic rings.